The smallest absolute Gasteiger partial charge is 0.162 e. The standard InChI is InChI=1S/C16H27NO3/c1-7-20-14-9-8-13(10-15(14)18-5)17-12(2)11-16(3,4)19-6/h8-10,12,17H,7,11H2,1-6H3. The van der Waals surface area contributed by atoms with Gasteiger partial charge in [-0.2, -0.15) is 0 Å². The van der Waals surface area contributed by atoms with Crippen LogP contribution >= 0.6 is 0 Å². The summed E-state index contributed by atoms with van der Waals surface area (Å²) in [5.41, 5.74) is 0.881. The van der Waals surface area contributed by atoms with Crippen LogP contribution in [0.5, 0.6) is 11.5 Å². The monoisotopic (exact) mass is 281 g/mol. The van der Waals surface area contributed by atoms with Gasteiger partial charge in [0.05, 0.1) is 19.3 Å². The molecule has 0 heterocycles. The van der Waals surface area contributed by atoms with E-state index in [2.05, 4.69) is 26.1 Å². The molecule has 0 radical (unpaired) electrons. The minimum absolute atomic E-state index is 0.137. The third-order valence-corrected chi connectivity index (χ3v) is 3.23. The van der Waals surface area contributed by atoms with E-state index in [0.717, 1.165) is 23.6 Å². The van der Waals surface area contributed by atoms with Gasteiger partial charge >= 0.3 is 0 Å². The Labute approximate surface area is 122 Å². The van der Waals surface area contributed by atoms with Gasteiger partial charge in [-0.3, -0.25) is 0 Å². The van der Waals surface area contributed by atoms with Gasteiger partial charge in [0.1, 0.15) is 0 Å². The predicted octanol–water partition coefficient (Wildman–Crippen LogP) is 3.71. The van der Waals surface area contributed by atoms with E-state index in [-0.39, 0.29) is 5.60 Å². The molecule has 1 aromatic carbocycles. The van der Waals surface area contributed by atoms with Crippen molar-refractivity contribution in [2.24, 2.45) is 0 Å². The molecule has 114 valence electrons. The van der Waals surface area contributed by atoms with Gasteiger partial charge in [0, 0.05) is 24.9 Å². The van der Waals surface area contributed by atoms with Gasteiger partial charge in [-0.1, -0.05) is 0 Å². The number of methoxy groups -OCH3 is 2. The fraction of sp³-hybridized carbons (Fsp3) is 0.625. The van der Waals surface area contributed by atoms with Crippen molar-refractivity contribution < 1.29 is 14.2 Å². The van der Waals surface area contributed by atoms with Crippen LogP contribution in [0.3, 0.4) is 0 Å². The fourth-order valence-corrected chi connectivity index (χ4v) is 2.19. The number of rotatable bonds is 8. The van der Waals surface area contributed by atoms with Gasteiger partial charge in [0.25, 0.3) is 0 Å². The first-order chi connectivity index (χ1) is 9.41. The number of hydrogen-bond donors (Lipinski definition) is 1. The van der Waals surface area contributed by atoms with Crippen molar-refractivity contribution >= 4 is 5.69 Å². The molecule has 4 nitrogen and oxygen atoms in total. The molecule has 0 fully saturated rings. The first-order valence-electron chi connectivity index (χ1n) is 7.04. The molecule has 0 saturated carbocycles. The Bertz CT molecular complexity index is 418. The lowest BCUT2D eigenvalue weighted by Gasteiger charge is -2.27. The van der Waals surface area contributed by atoms with Crippen LogP contribution in [-0.4, -0.2) is 32.5 Å². The van der Waals surface area contributed by atoms with Crippen LogP contribution in [0.25, 0.3) is 0 Å². The van der Waals surface area contributed by atoms with Crippen molar-refractivity contribution in [1.29, 1.82) is 0 Å². The second kappa shape index (κ2) is 7.39. The summed E-state index contributed by atoms with van der Waals surface area (Å²) in [4.78, 5) is 0. The number of benzene rings is 1. The summed E-state index contributed by atoms with van der Waals surface area (Å²) in [6.45, 7) is 8.90. The van der Waals surface area contributed by atoms with Crippen LogP contribution in [0.1, 0.15) is 34.1 Å². The van der Waals surface area contributed by atoms with Gasteiger partial charge in [0.15, 0.2) is 11.5 Å². The Morgan fingerprint density at radius 1 is 1.20 bits per heavy atom. The minimum atomic E-state index is -0.137. The van der Waals surface area contributed by atoms with Crippen molar-refractivity contribution in [2.75, 3.05) is 26.1 Å². The summed E-state index contributed by atoms with van der Waals surface area (Å²) < 4.78 is 16.3. The molecule has 0 aliphatic rings. The maximum Gasteiger partial charge on any atom is 0.162 e. The first kappa shape index (κ1) is 16.6. The van der Waals surface area contributed by atoms with E-state index >= 15 is 0 Å². The lowest BCUT2D eigenvalue weighted by molar-refractivity contribution is 0.0128. The van der Waals surface area contributed by atoms with Crippen LogP contribution in [-0.2, 0) is 4.74 Å². The molecule has 20 heavy (non-hydrogen) atoms. The molecule has 1 atom stereocenters. The van der Waals surface area contributed by atoms with Crippen molar-refractivity contribution in [1.82, 2.24) is 0 Å². The topological polar surface area (TPSA) is 39.7 Å². The highest BCUT2D eigenvalue weighted by molar-refractivity contribution is 5.55. The van der Waals surface area contributed by atoms with Crippen LogP contribution < -0.4 is 14.8 Å². The molecule has 0 saturated heterocycles. The summed E-state index contributed by atoms with van der Waals surface area (Å²) in [6, 6.07) is 6.19. The molecule has 0 aliphatic heterocycles. The van der Waals surface area contributed by atoms with Gasteiger partial charge in [0.2, 0.25) is 0 Å². The predicted molar refractivity (Wildman–Crippen MR) is 83.0 cm³/mol. The van der Waals surface area contributed by atoms with E-state index in [1.165, 1.54) is 0 Å². The number of anilines is 1. The summed E-state index contributed by atoms with van der Waals surface area (Å²) in [7, 11) is 3.39. The van der Waals surface area contributed by atoms with Gasteiger partial charge in [-0.25, -0.2) is 0 Å². The molecule has 1 unspecified atom stereocenters. The Hall–Kier alpha value is -1.42. The third-order valence-electron chi connectivity index (χ3n) is 3.23. The molecule has 1 aromatic rings. The number of nitrogens with one attached hydrogen (secondary N) is 1. The van der Waals surface area contributed by atoms with Crippen LogP contribution in [0.2, 0.25) is 0 Å². The zero-order chi connectivity index (χ0) is 15.2. The van der Waals surface area contributed by atoms with Gasteiger partial charge in [-0.05, 0) is 46.2 Å². The molecule has 0 amide bonds. The Morgan fingerprint density at radius 2 is 1.90 bits per heavy atom. The Morgan fingerprint density at radius 3 is 2.45 bits per heavy atom. The molecule has 0 aliphatic carbocycles. The number of hydrogen-bond acceptors (Lipinski definition) is 4. The summed E-state index contributed by atoms with van der Waals surface area (Å²) in [6.07, 6.45) is 0.916. The Kier molecular flexibility index (Phi) is 6.14. The van der Waals surface area contributed by atoms with Crippen molar-refractivity contribution in [3.05, 3.63) is 18.2 Å². The highest BCUT2D eigenvalue weighted by atomic mass is 16.5. The normalized spacial score (nSPS) is 12.9. The molecule has 0 bridgehead atoms. The summed E-state index contributed by atoms with van der Waals surface area (Å²) >= 11 is 0. The second-order valence-electron chi connectivity index (χ2n) is 5.51. The average molecular weight is 281 g/mol. The molecule has 4 heteroatoms. The molecular weight excluding hydrogens is 254 g/mol. The third kappa shape index (κ3) is 4.93. The summed E-state index contributed by atoms with van der Waals surface area (Å²) in [5.74, 6) is 1.51. The number of ether oxygens (including phenoxy) is 3. The van der Waals surface area contributed by atoms with Crippen LogP contribution in [0.15, 0.2) is 18.2 Å². The molecule has 1 N–H and O–H groups in total. The van der Waals surface area contributed by atoms with Crippen molar-refractivity contribution in [3.8, 4) is 11.5 Å². The highest BCUT2D eigenvalue weighted by Gasteiger charge is 2.20. The SMILES string of the molecule is CCOc1ccc(NC(C)CC(C)(C)OC)cc1OC. The van der Waals surface area contributed by atoms with E-state index in [9.17, 15) is 0 Å². The lowest BCUT2D eigenvalue weighted by atomic mass is 9.99. The fourth-order valence-electron chi connectivity index (χ4n) is 2.19. The van der Waals surface area contributed by atoms with E-state index < -0.39 is 0 Å². The van der Waals surface area contributed by atoms with Crippen molar-refractivity contribution in [2.45, 2.75) is 45.8 Å². The lowest BCUT2D eigenvalue weighted by Crippen LogP contribution is -2.31. The maximum absolute atomic E-state index is 5.51. The van der Waals surface area contributed by atoms with Crippen molar-refractivity contribution in [3.63, 3.8) is 0 Å². The largest absolute Gasteiger partial charge is 0.493 e. The van der Waals surface area contributed by atoms with Crippen LogP contribution in [0, 0.1) is 0 Å². The Balaban J connectivity index is 2.73. The maximum atomic E-state index is 5.51. The second-order valence-corrected chi connectivity index (χ2v) is 5.51. The van der Waals surface area contributed by atoms with E-state index in [0.29, 0.717) is 12.6 Å². The van der Waals surface area contributed by atoms with Crippen LogP contribution in [0.4, 0.5) is 5.69 Å². The van der Waals surface area contributed by atoms with E-state index in [1.807, 2.05) is 25.1 Å². The quantitative estimate of drug-likeness (QED) is 0.788. The highest BCUT2D eigenvalue weighted by Crippen LogP contribution is 2.31. The van der Waals surface area contributed by atoms with Gasteiger partial charge in [-0.15, -0.1) is 0 Å². The molecular formula is C16H27NO3. The first-order valence-corrected chi connectivity index (χ1v) is 7.04. The molecule has 1 rings (SSSR count). The molecule has 0 aromatic heterocycles. The molecule has 0 spiro atoms. The summed E-state index contributed by atoms with van der Waals surface area (Å²) in [5, 5.41) is 3.46. The van der Waals surface area contributed by atoms with E-state index in [1.54, 1.807) is 14.2 Å². The average Bonchev–Trinajstić information content (AvgIpc) is 2.40. The zero-order valence-electron chi connectivity index (χ0n) is 13.4. The van der Waals surface area contributed by atoms with E-state index in [4.69, 9.17) is 14.2 Å². The zero-order valence-corrected chi connectivity index (χ0v) is 13.4. The van der Waals surface area contributed by atoms with Gasteiger partial charge < -0.3 is 19.5 Å². The minimum Gasteiger partial charge on any atom is -0.493 e.